The molecule has 16 heavy (non-hydrogen) atoms. The smallest absolute Gasteiger partial charge is 0.223 e. The first kappa shape index (κ1) is 11.6. The Bertz CT molecular complexity index is 377. The monoisotopic (exact) mass is 243 g/mol. The number of rotatable bonds is 2. The second kappa shape index (κ2) is 4.57. The summed E-state index contributed by atoms with van der Waals surface area (Å²) in [6.45, 7) is 0. The summed E-state index contributed by atoms with van der Waals surface area (Å²) in [5, 5.41) is 2.96. The van der Waals surface area contributed by atoms with Crippen molar-refractivity contribution >= 4 is 15.7 Å². The molecule has 0 radical (unpaired) electrons. The van der Waals surface area contributed by atoms with E-state index in [4.69, 9.17) is 0 Å². The van der Waals surface area contributed by atoms with Crippen molar-refractivity contribution < 1.29 is 13.2 Å². The van der Waals surface area contributed by atoms with E-state index in [0.717, 1.165) is 12.8 Å². The standard InChI is InChI=1S/C11H17NO3S/c13-11(9-3-1-2-4-9)12-10-5-7-16(14,15)8-6-10/h1-2,9-10H,3-8H2,(H,12,13). The van der Waals surface area contributed by atoms with Crippen LogP contribution in [0.3, 0.4) is 0 Å². The van der Waals surface area contributed by atoms with E-state index in [2.05, 4.69) is 5.32 Å². The maximum absolute atomic E-state index is 11.8. The number of carbonyl (C=O) groups excluding carboxylic acids is 1. The van der Waals surface area contributed by atoms with Crippen LogP contribution in [0, 0.1) is 5.92 Å². The molecule has 0 aromatic heterocycles. The maximum Gasteiger partial charge on any atom is 0.223 e. The molecular formula is C11H17NO3S. The Morgan fingerprint density at radius 1 is 1.12 bits per heavy atom. The highest BCUT2D eigenvalue weighted by Crippen LogP contribution is 2.19. The predicted molar refractivity (Wildman–Crippen MR) is 61.7 cm³/mol. The van der Waals surface area contributed by atoms with Crippen LogP contribution in [0.25, 0.3) is 0 Å². The van der Waals surface area contributed by atoms with Crippen molar-refractivity contribution in [2.45, 2.75) is 31.7 Å². The zero-order chi connectivity index (χ0) is 11.6. The van der Waals surface area contributed by atoms with Gasteiger partial charge in [0, 0.05) is 12.0 Å². The molecule has 2 aliphatic rings. The number of nitrogens with one attached hydrogen (secondary N) is 1. The zero-order valence-electron chi connectivity index (χ0n) is 9.19. The van der Waals surface area contributed by atoms with Gasteiger partial charge in [0.2, 0.25) is 5.91 Å². The van der Waals surface area contributed by atoms with E-state index in [1.165, 1.54) is 0 Å². The molecule has 2 rings (SSSR count). The Kier molecular flexibility index (Phi) is 3.33. The minimum atomic E-state index is -2.83. The van der Waals surface area contributed by atoms with Crippen molar-refractivity contribution in [1.29, 1.82) is 0 Å². The van der Waals surface area contributed by atoms with E-state index in [9.17, 15) is 13.2 Å². The number of hydrogen-bond acceptors (Lipinski definition) is 3. The molecule has 0 unspecified atom stereocenters. The SMILES string of the molecule is O=C(NC1CCS(=O)(=O)CC1)C1CC=CC1. The molecule has 1 aliphatic carbocycles. The fourth-order valence-corrected chi connectivity index (χ4v) is 3.68. The Hall–Kier alpha value is -0.840. The van der Waals surface area contributed by atoms with Crippen molar-refractivity contribution in [2.24, 2.45) is 5.92 Å². The first-order valence-electron chi connectivity index (χ1n) is 5.72. The number of amides is 1. The molecule has 0 atom stereocenters. The minimum Gasteiger partial charge on any atom is -0.353 e. The van der Waals surface area contributed by atoms with Gasteiger partial charge in [-0.05, 0) is 25.7 Å². The third-order valence-electron chi connectivity index (χ3n) is 3.28. The van der Waals surface area contributed by atoms with Crippen LogP contribution in [-0.2, 0) is 14.6 Å². The minimum absolute atomic E-state index is 0.0524. The highest BCUT2D eigenvalue weighted by atomic mass is 32.2. The molecule has 1 N–H and O–H groups in total. The van der Waals surface area contributed by atoms with Crippen molar-refractivity contribution in [3.05, 3.63) is 12.2 Å². The average molecular weight is 243 g/mol. The van der Waals surface area contributed by atoms with Crippen molar-refractivity contribution in [2.75, 3.05) is 11.5 Å². The van der Waals surface area contributed by atoms with Crippen LogP contribution >= 0.6 is 0 Å². The molecule has 1 saturated heterocycles. The van der Waals surface area contributed by atoms with Crippen LogP contribution in [-0.4, -0.2) is 31.9 Å². The number of hydrogen-bond donors (Lipinski definition) is 1. The van der Waals surface area contributed by atoms with Crippen molar-refractivity contribution in [3.8, 4) is 0 Å². The molecule has 0 spiro atoms. The third kappa shape index (κ3) is 2.84. The molecule has 1 amide bonds. The lowest BCUT2D eigenvalue weighted by molar-refractivity contribution is -0.125. The number of sulfone groups is 1. The molecule has 0 saturated carbocycles. The highest BCUT2D eigenvalue weighted by molar-refractivity contribution is 7.91. The van der Waals surface area contributed by atoms with Gasteiger partial charge < -0.3 is 5.32 Å². The number of carbonyl (C=O) groups is 1. The molecule has 90 valence electrons. The van der Waals surface area contributed by atoms with E-state index in [-0.39, 0.29) is 29.4 Å². The van der Waals surface area contributed by atoms with E-state index >= 15 is 0 Å². The molecule has 0 aromatic rings. The topological polar surface area (TPSA) is 63.2 Å². The van der Waals surface area contributed by atoms with Gasteiger partial charge in [0.15, 0.2) is 0 Å². The largest absolute Gasteiger partial charge is 0.353 e. The summed E-state index contributed by atoms with van der Waals surface area (Å²) in [5.74, 6) is 0.565. The Morgan fingerprint density at radius 3 is 2.25 bits per heavy atom. The van der Waals surface area contributed by atoms with E-state index in [0.29, 0.717) is 12.8 Å². The normalized spacial score (nSPS) is 25.8. The molecule has 1 fully saturated rings. The molecule has 0 aromatic carbocycles. The van der Waals surface area contributed by atoms with Crippen LogP contribution in [0.15, 0.2) is 12.2 Å². The first-order chi connectivity index (χ1) is 7.57. The zero-order valence-corrected chi connectivity index (χ0v) is 10.0. The predicted octanol–water partition coefficient (Wildman–Crippen LogP) is 0.646. The van der Waals surface area contributed by atoms with Gasteiger partial charge in [-0.25, -0.2) is 8.42 Å². The van der Waals surface area contributed by atoms with Gasteiger partial charge in [-0.3, -0.25) is 4.79 Å². The van der Waals surface area contributed by atoms with Crippen LogP contribution < -0.4 is 5.32 Å². The van der Waals surface area contributed by atoms with Crippen molar-refractivity contribution in [1.82, 2.24) is 5.32 Å². The van der Waals surface area contributed by atoms with Crippen molar-refractivity contribution in [3.63, 3.8) is 0 Å². The Morgan fingerprint density at radius 2 is 1.69 bits per heavy atom. The van der Waals surface area contributed by atoms with Gasteiger partial charge in [-0.15, -0.1) is 0 Å². The Labute approximate surface area is 96.0 Å². The summed E-state index contributed by atoms with van der Waals surface area (Å²) in [5.41, 5.74) is 0. The van der Waals surface area contributed by atoms with Gasteiger partial charge >= 0.3 is 0 Å². The third-order valence-corrected chi connectivity index (χ3v) is 5.00. The van der Waals surface area contributed by atoms with Gasteiger partial charge in [0.25, 0.3) is 0 Å². The van der Waals surface area contributed by atoms with E-state index < -0.39 is 9.84 Å². The lowest BCUT2D eigenvalue weighted by Crippen LogP contribution is -2.43. The maximum atomic E-state index is 11.8. The highest BCUT2D eigenvalue weighted by Gasteiger charge is 2.27. The average Bonchev–Trinajstić information content (AvgIpc) is 2.74. The summed E-state index contributed by atoms with van der Waals surface area (Å²) in [6, 6.07) is 0.0524. The first-order valence-corrected chi connectivity index (χ1v) is 7.55. The van der Waals surface area contributed by atoms with Crippen LogP contribution in [0.5, 0.6) is 0 Å². The summed E-state index contributed by atoms with van der Waals surface area (Å²) < 4.78 is 22.4. The number of allylic oxidation sites excluding steroid dienone is 2. The lowest BCUT2D eigenvalue weighted by Gasteiger charge is -2.24. The molecule has 5 heteroatoms. The summed E-state index contributed by atoms with van der Waals surface area (Å²) in [6.07, 6.45) is 6.81. The van der Waals surface area contributed by atoms with Crippen LogP contribution in [0.2, 0.25) is 0 Å². The summed E-state index contributed by atoms with van der Waals surface area (Å²) in [4.78, 5) is 11.8. The summed E-state index contributed by atoms with van der Waals surface area (Å²) >= 11 is 0. The van der Waals surface area contributed by atoms with Gasteiger partial charge in [-0.2, -0.15) is 0 Å². The second-order valence-electron chi connectivity index (χ2n) is 4.57. The molecule has 4 nitrogen and oxygen atoms in total. The lowest BCUT2D eigenvalue weighted by atomic mass is 10.0. The van der Waals surface area contributed by atoms with Gasteiger partial charge in [0.05, 0.1) is 11.5 Å². The summed E-state index contributed by atoms with van der Waals surface area (Å²) in [7, 11) is -2.83. The fourth-order valence-electron chi connectivity index (χ4n) is 2.18. The molecule has 1 heterocycles. The molecule has 1 aliphatic heterocycles. The molecule has 0 bridgehead atoms. The van der Waals surface area contributed by atoms with Gasteiger partial charge in [0.1, 0.15) is 9.84 Å². The van der Waals surface area contributed by atoms with Crippen LogP contribution in [0.4, 0.5) is 0 Å². The van der Waals surface area contributed by atoms with Gasteiger partial charge in [-0.1, -0.05) is 12.2 Å². The van der Waals surface area contributed by atoms with E-state index in [1.54, 1.807) is 0 Å². The molecular weight excluding hydrogens is 226 g/mol. The fraction of sp³-hybridized carbons (Fsp3) is 0.727. The Balaban J connectivity index is 1.80. The van der Waals surface area contributed by atoms with E-state index in [1.807, 2.05) is 12.2 Å². The second-order valence-corrected chi connectivity index (χ2v) is 6.88. The quantitative estimate of drug-likeness (QED) is 0.724. The van der Waals surface area contributed by atoms with Crippen LogP contribution in [0.1, 0.15) is 25.7 Å².